The number of hydrogen-bond donors (Lipinski definition) is 3. The Labute approximate surface area is 180 Å². The Morgan fingerprint density at radius 3 is 1.86 bits per heavy atom. The first kappa shape index (κ1) is 21.3. The molecule has 3 rings (SSSR count). The number of rotatable bonds is 8. The van der Waals surface area contributed by atoms with Crippen LogP contribution in [-0.4, -0.2) is 4.98 Å². The quantitative estimate of drug-likeness (QED) is 0.359. The van der Waals surface area contributed by atoms with Crippen molar-refractivity contribution < 1.29 is 0 Å². The van der Waals surface area contributed by atoms with Crippen molar-refractivity contribution in [2.75, 3.05) is 10.6 Å². The van der Waals surface area contributed by atoms with Gasteiger partial charge in [-0.1, -0.05) is 64.1 Å². The molecule has 1 heterocycles. The van der Waals surface area contributed by atoms with Gasteiger partial charge in [-0.25, -0.2) is 0 Å². The molecule has 0 fully saturated rings. The molecule has 4 heteroatoms. The van der Waals surface area contributed by atoms with E-state index >= 15 is 0 Å². The van der Waals surface area contributed by atoms with E-state index < -0.39 is 0 Å². The molecule has 0 spiro atoms. The number of hydrogen-bond acceptors (Lipinski definition) is 4. The molecule has 2 N–H and O–H groups in total. The summed E-state index contributed by atoms with van der Waals surface area (Å²) >= 11 is 4.50. The summed E-state index contributed by atoms with van der Waals surface area (Å²) < 4.78 is 0. The molecule has 0 radical (unpaired) electrons. The van der Waals surface area contributed by atoms with Crippen molar-refractivity contribution in [3.05, 3.63) is 83.2 Å². The number of nitrogens with zero attached hydrogens (tertiary/aromatic N) is 1. The molecule has 0 amide bonds. The molecular formula is C25H31N3S. The Morgan fingerprint density at radius 1 is 0.724 bits per heavy atom. The Hall–Kier alpha value is -2.46. The maximum atomic E-state index is 4.83. The van der Waals surface area contributed by atoms with Crippen molar-refractivity contribution in [3.8, 4) is 0 Å². The number of pyridine rings is 1. The molecule has 0 saturated heterocycles. The van der Waals surface area contributed by atoms with E-state index in [2.05, 4.69) is 87.4 Å². The van der Waals surface area contributed by atoms with Gasteiger partial charge in [0, 0.05) is 16.3 Å². The maximum absolute atomic E-state index is 4.83. The van der Waals surface area contributed by atoms with Gasteiger partial charge in [0.05, 0.1) is 24.5 Å². The zero-order valence-electron chi connectivity index (χ0n) is 17.7. The van der Waals surface area contributed by atoms with E-state index in [1.165, 1.54) is 16.8 Å². The van der Waals surface area contributed by atoms with Crippen LogP contribution in [0.15, 0.2) is 65.6 Å². The van der Waals surface area contributed by atoms with Gasteiger partial charge in [0.15, 0.2) is 0 Å². The fourth-order valence-electron chi connectivity index (χ4n) is 3.47. The number of nitrogens with one attached hydrogen (secondary N) is 2. The molecule has 1 aromatic heterocycles. The molecule has 0 unspecified atom stereocenters. The lowest BCUT2D eigenvalue weighted by atomic mass is 9.92. The van der Waals surface area contributed by atoms with Gasteiger partial charge in [-0.05, 0) is 47.2 Å². The number of para-hydroxylation sites is 2. The SMILES string of the molecule is CC(C)c1cccc(C(C)C)c1NCc1cccc(CNc2ccccc2S)n1. The lowest BCUT2D eigenvalue weighted by Crippen LogP contribution is -2.10. The predicted molar refractivity (Wildman–Crippen MR) is 127 cm³/mol. The van der Waals surface area contributed by atoms with Gasteiger partial charge in [-0.15, -0.1) is 12.6 Å². The summed E-state index contributed by atoms with van der Waals surface area (Å²) in [7, 11) is 0. The van der Waals surface area contributed by atoms with E-state index in [1.807, 2.05) is 24.3 Å². The first-order valence-electron chi connectivity index (χ1n) is 10.3. The Balaban J connectivity index is 1.72. The normalized spacial score (nSPS) is 11.1. The van der Waals surface area contributed by atoms with Gasteiger partial charge in [-0.3, -0.25) is 4.98 Å². The molecule has 0 aliphatic rings. The van der Waals surface area contributed by atoms with E-state index in [4.69, 9.17) is 4.98 Å². The van der Waals surface area contributed by atoms with Gasteiger partial charge >= 0.3 is 0 Å². The van der Waals surface area contributed by atoms with Crippen LogP contribution in [0.2, 0.25) is 0 Å². The van der Waals surface area contributed by atoms with E-state index in [-0.39, 0.29) is 0 Å². The second kappa shape index (κ2) is 9.84. The third-order valence-electron chi connectivity index (χ3n) is 5.05. The highest BCUT2D eigenvalue weighted by molar-refractivity contribution is 7.80. The molecule has 0 saturated carbocycles. The van der Waals surface area contributed by atoms with Gasteiger partial charge in [0.25, 0.3) is 0 Å². The first-order valence-corrected chi connectivity index (χ1v) is 10.7. The van der Waals surface area contributed by atoms with Crippen LogP contribution < -0.4 is 10.6 Å². The highest BCUT2D eigenvalue weighted by atomic mass is 32.1. The van der Waals surface area contributed by atoms with Crippen LogP contribution in [0.4, 0.5) is 11.4 Å². The minimum atomic E-state index is 0.473. The molecule has 0 aliphatic carbocycles. The van der Waals surface area contributed by atoms with E-state index in [0.717, 1.165) is 22.0 Å². The van der Waals surface area contributed by atoms with Crippen LogP contribution in [-0.2, 0) is 13.1 Å². The van der Waals surface area contributed by atoms with E-state index in [9.17, 15) is 0 Å². The van der Waals surface area contributed by atoms with Crippen LogP contribution >= 0.6 is 12.6 Å². The standard InChI is InChI=1S/C25H31N3S/c1-17(2)21-11-8-12-22(18(3)4)25(21)27-16-20-10-7-9-19(28-20)15-26-23-13-5-6-14-24(23)29/h5-14,17-18,26-27,29H,15-16H2,1-4H3. The van der Waals surface area contributed by atoms with Gasteiger partial charge in [0.1, 0.15) is 0 Å². The summed E-state index contributed by atoms with van der Waals surface area (Å²) in [6.07, 6.45) is 0. The summed E-state index contributed by atoms with van der Waals surface area (Å²) in [5, 5.41) is 7.09. The van der Waals surface area contributed by atoms with Crippen molar-refractivity contribution in [1.82, 2.24) is 4.98 Å². The number of benzene rings is 2. The molecular weight excluding hydrogens is 374 g/mol. The van der Waals surface area contributed by atoms with E-state index in [0.29, 0.717) is 24.9 Å². The molecule has 0 bridgehead atoms. The van der Waals surface area contributed by atoms with Crippen LogP contribution in [0.5, 0.6) is 0 Å². The second-order valence-electron chi connectivity index (χ2n) is 7.97. The Morgan fingerprint density at radius 2 is 1.28 bits per heavy atom. The van der Waals surface area contributed by atoms with Crippen LogP contribution in [0.25, 0.3) is 0 Å². The molecule has 0 atom stereocenters. The average molecular weight is 406 g/mol. The number of anilines is 2. The minimum Gasteiger partial charge on any atom is -0.379 e. The molecule has 2 aromatic carbocycles. The fraction of sp³-hybridized carbons (Fsp3) is 0.320. The average Bonchev–Trinajstić information content (AvgIpc) is 2.71. The maximum Gasteiger partial charge on any atom is 0.0598 e. The number of aromatic nitrogens is 1. The minimum absolute atomic E-state index is 0.473. The topological polar surface area (TPSA) is 37.0 Å². The highest BCUT2D eigenvalue weighted by Crippen LogP contribution is 2.32. The summed E-state index contributed by atoms with van der Waals surface area (Å²) in [6, 6.07) is 20.8. The third kappa shape index (κ3) is 5.54. The molecule has 0 aliphatic heterocycles. The molecule has 3 nitrogen and oxygen atoms in total. The van der Waals surface area contributed by atoms with Crippen LogP contribution in [0, 0.1) is 0 Å². The first-order chi connectivity index (χ1) is 14.0. The lowest BCUT2D eigenvalue weighted by Gasteiger charge is -2.21. The third-order valence-corrected chi connectivity index (χ3v) is 5.44. The summed E-state index contributed by atoms with van der Waals surface area (Å²) in [4.78, 5) is 5.77. The van der Waals surface area contributed by atoms with E-state index in [1.54, 1.807) is 0 Å². The monoisotopic (exact) mass is 405 g/mol. The molecule has 152 valence electrons. The Kier molecular flexibility index (Phi) is 7.21. The molecule has 29 heavy (non-hydrogen) atoms. The van der Waals surface area contributed by atoms with Gasteiger partial charge < -0.3 is 10.6 Å². The summed E-state index contributed by atoms with van der Waals surface area (Å²) in [5.74, 6) is 0.946. The highest BCUT2D eigenvalue weighted by Gasteiger charge is 2.13. The summed E-state index contributed by atoms with van der Waals surface area (Å²) in [5.41, 5.74) is 7.05. The zero-order valence-corrected chi connectivity index (χ0v) is 18.6. The predicted octanol–water partition coefficient (Wildman–Crippen LogP) is 6.84. The van der Waals surface area contributed by atoms with Gasteiger partial charge in [-0.2, -0.15) is 0 Å². The zero-order chi connectivity index (χ0) is 20.8. The van der Waals surface area contributed by atoms with Crippen molar-refractivity contribution in [1.29, 1.82) is 0 Å². The lowest BCUT2D eigenvalue weighted by molar-refractivity contribution is 0.830. The Bertz CT molecular complexity index is 924. The number of thiol groups is 1. The van der Waals surface area contributed by atoms with Crippen molar-refractivity contribution in [2.24, 2.45) is 0 Å². The largest absolute Gasteiger partial charge is 0.379 e. The molecule has 3 aromatic rings. The van der Waals surface area contributed by atoms with Crippen molar-refractivity contribution >= 4 is 24.0 Å². The van der Waals surface area contributed by atoms with Crippen LogP contribution in [0.1, 0.15) is 62.0 Å². The fourth-order valence-corrected chi connectivity index (χ4v) is 3.71. The van der Waals surface area contributed by atoms with Crippen molar-refractivity contribution in [3.63, 3.8) is 0 Å². The second-order valence-corrected chi connectivity index (χ2v) is 8.45. The van der Waals surface area contributed by atoms with Crippen LogP contribution in [0.3, 0.4) is 0 Å². The van der Waals surface area contributed by atoms with Gasteiger partial charge in [0.2, 0.25) is 0 Å². The van der Waals surface area contributed by atoms with Crippen molar-refractivity contribution in [2.45, 2.75) is 57.5 Å². The summed E-state index contributed by atoms with van der Waals surface area (Å²) in [6.45, 7) is 10.4. The smallest absolute Gasteiger partial charge is 0.0598 e.